The number of amides is 1. The fraction of sp³-hybridized carbons (Fsp3) is 0.500. The van der Waals surface area contributed by atoms with Gasteiger partial charge in [-0.3, -0.25) is 14.2 Å². The number of fused-ring (bicyclic) bond motifs is 1. The van der Waals surface area contributed by atoms with Crippen LogP contribution in [0.15, 0.2) is 28.2 Å². The molecular weight excluding hydrogens is 410 g/mol. The van der Waals surface area contributed by atoms with Gasteiger partial charge in [0, 0.05) is 13.2 Å². The molecule has 2 heterocycles. The van der Waals surface area contributed by atoms with E-state index in [1.165, 1.54) is 29.9 Å². The molecule has 1 amide bonds. The van der Waals surface area contributed by atoms with E-state index in [2.05, 4.69) is 10.3 Å². The van der Waals surface area contributed by atoms with Crippen LogP contribution in [0.4, 0.5) is 0 Å². The van der Waals surface area contributed by atoms with Crippen molar-refractivity contribution in [3.05, 3.63) is 34.1 Å². The summed E-state index contributed by atoms with van der Waals surface area (Å²) >= 11 is 1.10. The molecule has 0 radical (unpaired) electrons. The Morgan fingerprint density at radius 2 is 2.27 bits per heavy atom. The zero-order valence-electron chi connectivity index (χ0n) is 16.9. The molecule has 1 saturated heterocycles. The lowest BCUT2D eigenvalue weighted by Crippen LogP contribution is -2.33. The minimum atomic E-state index is -0.774. The van der Waals surface area contributed by atoms with Crippen molar-refractivity contribution < 1.29 is 24.2 Å². The highest BCUT2D eigenvalue weighted by Crippen LogP contribution is 2.20. The maximum atomic E-state index is 12.9. The van der Waals surface area contributed by atoms with E-state index in [0.29, 0.717) is 22.6 Å². The van der Waals surface area contributed by atoms with Crippen LogP contribution in [0.1, 0.15) is 30.1 Å². The smallest absolute Gasteiger partial charge is 0.337 e. The summed E-state index contributed by atoms with van der Waals surface area (Å²) in [6.07, 6.45) is 1.19. The van der Waals surface area contributed by atoms with E-state index in [0.717, 1.165) is 31.2 Å². The maximum Gasteiger partial charge on any atom is 0.337 e. The molecule has 10 heteroatoms. The molecule has 0 unspecified atom stereocenters. The lowest BCUT2D eigenvalue weighted by molar-refractivity contribution is -0.119. The fourth-order valence-corrected chi connectivity index (χ4v) is 4.03. The Morgan fingerprint density at radius 1 is 1.47 bits per heavy atom. The van der Waals surface area contributed by atoms with Crippen molar-refractivity contribution in [3.63, 3.8) is 0 Å². The zero-order valence-corrected chi connectivity index (χ0v) is 17.7. The van der Waals surface area contributed by atoms with Gasteiger partial charge in [0.05, 0.1) is 48.1 Å². The molecule has 30 heavy (non-hydrogen) atoms. The first-order valence-electron chi connectivity index (χ1n) is 9.71. The van der Waals surface area contributed by atoms with E-state index in [9.17, 15) is 19.5 Å². The normalized spacial score (nSPS) is 17.1. The predicted molar refractivity (Wildman–Crippen MR) is 112 cm³/mol. The van der Waals surface area contributed by atoms with Crippen molar-refractivity contribution in [1.29, 1.82) is 0 Å². The third-order valence-corrected chi connectivity index (χ3v) is 5.65. The van der Waals surface area contributed by atoms with Crippen LogP contribution in [0.25, 0.3) is 10.9 Å². The van der Waals surface area contributed by atoms with Gasteiger partial charge in [-0.05, 0) is 38.0 Å². The monoisotopic (exact) mass is 435 g/mol. The van der Waals surface area contributed by atoms with Gasteiger partial charge < -0.3 is 19.9 Å². The number of hydrogen-bond donors (Lipinski definition) is 2. The summed E-state index contributed by atoms with van der Waals surface area (Å²) in [6, 6.07) is 4.49. The minimum absolute atomic E-state index is 0.0421. The summed E-state index contributed by atoms with van der Waals surface area (Å²) in [7, 11) is 1.27. The van der Waals surface area contributed by atoms with Crippen LogP contribution >= 0.6 is 11.8 Å². The number of nitrogens with zero attached hydrogens (tertiary/aromatic N) is 2. The van der Waals surface area contributed by atoms with Crippen molar-refractivity contribution in [2.45, 2.75) is 43.7 Å². The summed E-state index contributed by atoms with van der Waals surface area (Å²) in [5, 5.41) is 13.2. The van der Waals surface area contributed by atoms with Crippen LogP contribution in [-0.4, -0.2) is 64.8 Å². The first kappa shape index (κ1) is 22.3. The summed E-state index contributed by atoms with van der Waals surface area (Å²) < 4.78 is 11.6. The molecule has 2 N–H and O–H groups in total. The van der Waals surface area contributed by atoms with Gasteiger partial charge in [-0.1, -0.05) is 11.8 Å². The molecule has 0 aliphatic carbocycles. The second-order valence-corrected chi connectivity index (χ2v) is 8.05. The number of thioether (sulfide) groups is 1. The average Bonchev–Trinajstić information content (AvgIpc) is 3.25. The zero-order chi connectivity index (χ0) is 21.7. The van der Waals surface area contributed by atoms with Crippen LogP contribution in [0, 0.1) is 0 Å². The van der Waals surface area contributed by atoms with Gasteiger partial charge in [-0.2, -0.15) is 0 Å². The van der Waals surface area contributed by atoms with Crippen LogP contribution in [-0.2, 0) is 20.8 Å². The third kappa shape index (κ3) is 5.38. The van der Waals surface area contributed by atoms with Crippen LogP contribution < -0.4 is 10.9 Å². The summed E-state index contributed by atoms with van der Waals surface area (Å²) in [4.78, 5) is 41.4. The van der Waals surface area contributed by atoms with Gasteiger partial charge in [0.15, 0.2) is 5.16 Å². The van der Waals surface area contributed by atoms with Gasteiger partial charge >= 0.3 is 5.97 Å². The highest BCUT2D eigenvalue weighted by Gasteiger charge is 2.18. The Kier molecular flexibility index (Phi) is 7.46. The van der Waals surface area contributed by atoms with E-state index in [1.807, 2.05) is 0 Å². The van der Waals surface area contributed by atoms with E-state index < -0.39 is 12.1 Å². The van der Waals surface area contributed by atoms with E-state index >= 15 is 0 Å². The van der Waals surface area contributed by atoms with Gasteiger partial charge in [0.1, 0.15) is 0 Å². The molecule has 0 spiro atoms. The van der Waals surface area contributed by atoms with Crippen molar-refractivity contribution >= 4 is 34.5 Å². The van der Waals surface area contributed by atoms with Gasteiger partial charge in [-0.15, -0.1) is 0 Å². The Hall–Kier alpha value is -2.43. The molecule has 1 aliphatic rings. The SMILES string of the molecule is COC(=O)c1ccc2c(=O)n(C[C@@H](C)O)c(SCC(=O)NC[C@H]3CCCO3)nc2c1. The van der Waals surface area contributed by atoms with E-state index in [-0.39, 0.29) is 35.4 Å². The molecule has 0 saturated carbocycles. The third-order valence-electron chi connectivity index (χ3n) is 4.67. The van der Waals surface area contributed by atoms with Gasteiger partial charge in [-0.25, -0.2) is 9.78 Å². The second-order valence-electron chi connectivity index (χ2n) is 7.11. The first-order valence-corrected chi connectivity index (χ1v) is 10.7. The molecule has 162 valence electrons. The number of nitrogens with one attached hydrogen (secondary N) is 1. The number of rotatable bonds is 8. The summed E-state index contributed by atoms with van der Waals surface area (Å²) in [5.74, 6) is -0.674. The standard InChI is InChI=1S/C20H25N3O6S/c1-12(24)10-23-18(26)15-6-5-13(19(27)28-2)8-16(15)22-20(23)30-11-17(25)21-9-14-4-3-7-29-14/h5-6,8,12,14,24H,3-4,7,9-11H2,1-2H3,(H,21,25)/t12-,14-/m1/s1. The number of esters is 1. The van der Waals surface area contributed by atoms with E-state index in [1.54, 1.807) is 6.92 Å². The lowest BCUT2D eigenvalue weighted by Gasteiger charge is -2.15. The first-order chi connectivity index (χ1) is 14.4. The Labute approximate surface area is 177 Å². The summed E-state index contributed by atoms with van der Waals surface area (Å²) in [6.45, 7) is 2.78. The molecule has 1 aromatic carbocycles. The summed E-state index contributed by atoms with van der Waals surface area (Å²) in [5.41, 5.74) is 0.252. The Bertz CT molecular complexity index is 984. The number of benzene rings is 1. The highest BCUT2D eigenvalue weighted by molar-refractivity contribution is 7.99. The quantitative estimate of drug-likeness (QED) is 0.357. The number of carbonyl (C=O) groups excluding carboxylic acids is 2. The molecule has 1 aliphatic heterocycles. The highest BCUT2D eigenvalue weighted by atomic mass is 32.2. The van der Waals surface area contributed by atoms with Crippen molar-refractivity contribution in [2.75, 3.05) is 26.0 Å². The van der Waals surface area contributed by atoms with Crippen LogP contribution in [0.3, 0.4) is 0 Å². The van der Waals surface area contributed by atoms with Crippen molar-refractivity contribution in [2.24, 2.45) is 0 Å². The van der Waals surface area contributed by atoms with Gasteiger partial charge in [0.25, 0.3) is 5.56 Å². The van der Waals surface area contributed by atoms with Crippen LogP contribution in [0.2, 0.25) is 0 Å². The largest absolute Gasteiger partial charge is 0.465 e. The number of methoxy groups -OCH3 is 1. The fourth-order valence-electron chi connectivity index (χ4n) is 3.20. The molecular formula is C20H25N3O6S. The molecule has 3 rings (SSSR count). The molecule has 2 aromatic rings. The number of ether oxygens (including phenoxy) is 2. The van der Waals surface area contributed by atoms with E-state index in [4.69, 9.17) is 9.47 Å². The number of aromatic nitrogens is 2. The maximum absolute atomic E-state index is 12.9. The predicted octanol–water partition coefficient (Wildman–Crippen LogP) is 0.951. The molecule has 1 fully saturated rings. The number of hydrogen-bond acceptors (Lipinski definition) is 8. The van der Waals surface area contributed by atoms with Gasteiger partial charge in [0.2, 0.25) is 5.91 Å². The van der Waals surface area contributed by atoms with Crippen LogP contribution in [0.5, 0.6) is 0 Å². The minimum Gasteiger partial charge on any atom is -0.465 e. The Morgan fingerprint density at radius 3 is 2.93 bits per heavy atom. The lowest BCUT2D eigenvalue weighted by atomic mass is 10.1. The number of aliphatic hydroxyl groups excluding tert-OH is 1. The van der Waals surface area contributed by atoms with Crippen molar-refractivity contribution in [1.82, 2.24) is 14.9 Å². The molecule has 2 atom stereocenters. The topological polar surface area (TPSA) is 120 Å². The van der Waals surface area contributed by atoms with Crippen molar-refractivity contribution in [3.8, 4) is 0 Å². The number of aliphatic hydroxyl groups is 1. The Balaban J connectivity index is 1.83. The molecule has 9 nitrogen and oxygen atoms in total. The molecule has 0 bridgehead atoms. The molecule has 1 aromatic heterocycles. The number of carbonyl (C=O) groups is 2. The average molecular weight is 436 g/mol. The second kappa shape index (κ2) is 10.1.